The number of carbonyl (C=O) groups is 1. The zero-order valence-electron chi connectivity index (χ0n) is 18.0. The number of nitrogens with zero attached hydrogens (tertiary/aromatic N) is 2. The second-order valence-corrected chi connectivity index (χ2v) is 9.87. The number of hydrogen-bond donors (Lipinski definition) is 0. The molecule has 1 aliphatic carbocycles. The van der Waals surface area contributed by atoms with Crippen LogP contribution in [0.15, 0.2) is 24.3 Å². The van der Waals surface area contributed by atoms with Crippen molar-refractivity contribution in [2.24, 2.45) is 11.8 Å². The summed E-state index contributed by atoms with van der Waals surface area (Å²) in [5.41, 5.74) is 5.10. The van der Waals surface area contributed by atoms with E-state index in [0.717, 1.165) is 18.9 Å². The first-order chi connectivity index (χ1) is 13.2. The summed E-state index contributed by atoms with van der Waals surface area (Å²) >= 11 is 0. The summed E-state index contributed by atoms with van der Waals surface area (Å²) in [5, 5.41) is 0. The molecule has 4 rings (SSSR count). The largest absolute Gasteiger partial charge is 0.444 e. The van der Waals surface area contributed by atoms with Crippen LogP contribution in [0.5, 0.6) is 0 Å². The Morgan fingerprint density at radius 1 is 1.21 bits per heavy atom. The van der Waals surface area contributed by atoms with Gasteiger partial charge in [0, 0.05) is 31.9 Å². The molecule has 0 aromatic heterocycles. The van der Waals surface area contributed by atoms with Crippen LogP contribution in [0.3, 0.4) is 0 Å². The van der Waals surface area contributed by atoms with Gasteiger partial charge in [0.05, 0.1) is 0 Å². The summed E-state index contributed by atoms with van der Waals surface area (Å²) in [4.78, 5) is 16.6. The van der Waals surface area contributed by atoms with Gasteiger partial charge >= 0.3 is 6.09 Å². The molecular weight excluding hydrogens is 348 g/mol. The number of hydrogen-bond acceptors (Lipinski definition) is 3. The van der Waals surface area contributed by atoms with Crippen LogP contribution >= 0.6 is 0 Å². The molecule has 1 fully saturated rings. The van der Waals surface area contributed by atoms with Gasteiger partial charge in [-0.1, -0.05) is 19.1 Å². The lowest BCUT2D eigenvalue weighted by atomic mass is 9.83. The van der Waals surface area contributed by atoms with E-state index in [2.05, 4.69) is 43.1 Å². The minimum atomic E-state index is -0.444. The van der Waals surface area contributed by atoms with Crippen LogP contribution < -0.4 is 4.90 Å². The topological polar surface area (TPSA) is 32.8 Å². The lowest BCUT2D eigenvalue weighted by molar-refractivity contribution is 0.0270. The van der Waals surface area contributed by atoms with Gasteiger partial charge in [0.25, 0.3) is 0 Å². The molecule has 152 valence electrons. The fourth-order valence-electron chi connectivity index (χ4n) is 4.95. The van der Waals surface area contributed by atoms with E-state index in [4.69, 9.17) is 4.74 Å². The highest BCUT2D eigenvalue weighted by Crippen LogP contribution is 2.45. The zero-order chi connectivity index (χ0) is 20.1. The van der Waals surface area contributed by atoms with E-state index in [9.17, 15) is 4.79 Å². The van der Waals surface area contributed by atoms with Gasteiger partial charge in [0.2, 0.25) is 0 Å². The molecule has 2 aliphatic heterocycles. The van der Waals surface area contributed by atoms with Crippen LogP contribution in [0, 0.1) is 11.8 Å². The average molecular weight is 383 g/mol. The van der Waals surface area contributed by atoms with E-state index in [-0.39, 0.29) is 6.09 Å². The molecule has 2 atom stereocenters. The number of benzene rings is 1. The van der Waals surface area contributed by atoms with Crippen molar-refractivity contribution in [3.8, 4) is 0 Å². The average Bonchev–Trinajstić information content (AvgIpc) is 3.45. The SMILES string of the molecule is C[C@@H]1Cc2cc(C3=CCN(C(=O)OC(C)(C)C)CC3)ccc2N(C)[C@H]1C1CC1. The summed E-state index contributed by atoms with van der Waals surface area (Å²) in [6.07, 6.45) is 6.83. The van der Waals surface area contributed by atoms with Crippen LogP contribution in [-0.2, 0) is 11.2 Å². The zero-order valence-corrected chi connectivity index (χ0v) is 18.0. The van der Waals surface area contributed by atoms with Crippen molar-refractivity contribution in [2.45, 2.75) is 65.0 Å². The minimum Gasteiger partial charge on any atom is -0.444 e. The quantitative estimate of drug-likeness (QED) is 0.712. The number of ether oxygens (including phenoxy) is 1. The van der Waals surface area contributed by atoms with E-state index in [1.165, 1.54) is 41.6 Å². The molecule has 0 spiro atoms. The number of fused-ring (bicyclic) bond motifs is 1. The number of amides is 1. The van der Waals surface area contributed by atoms with Crippen molar-refractivity contribution in [3.63, 3.8) is 0 Å². The van der Waals surface area contributed by atoms with E-state index >= 15 is 0 Å². The Morgan fingerprint density at radius 3 is 2.57 bits per heavy atom. The fourth-order valence-corrected chi connectivity index (χ4v) is 4.95. The lowest BCUT2D eigenvalue weighted by Gasteiger charge is -2.41. The van der Waals surface area contributed by atoms with Crippen molar-refractivity contribution in [2.75, 3.05) is 25.0 Å². The van der Waals surface area contributed by atoms with E-state index in [1.54, 1.807) is 4.90 Å². The van der Waals surface area contributed by atoms with E-state index in [1.807, 2.05) is 20.8 Å². The first-order valence-electron chi connectivity index (χ1n) is 10.8. The van der Waals surface area contributed by atoms with Gasteiger partial charge in [-0.2, -0.15) is 0 Å². The normalized spacial score (nSPS) is 25.2. The number of anilines is 1. The number of carbonyl (C=O) groups excluding carboxylic acids is 1. The molecule has 1 aromatic rings. The molecule has 1 aromatic carbocycles. The van der Waals surface area contributed by atoms with Gasteiger partial charge in [0.15, 0.2) is 0 Å². The van der Waals surface area contributed by atoms with Gasteiger partial charge in [-0.3, -0.25) is 0 Å². The predicted molar refractivity (Wildman–Crippen MR) is 115 cm³/mol. The molecule has 3 aliphatic rings. The van der Waals surface area contributed by atoms with E-state index < -0.39 is 5.60 Å². The molecule has 4 nitrogen and oxygen atoms in total. The second-order valence-electron chi connectivity index (χ2n) is 9.87. The smallest absolute Gasteiger partial charge is 0.410 e. The summed E-state index contributed by atoms with van der Waals surface area (Å²) in [7, 11) is 2.27. The van der Waals surface area contributed by atoms with E-state index in [0.29, 0.717) is 18.5 Å². The van der Waals surface area contributed by atoms with Gasteiger partial charge < -0.3 is 14.5 Å². The van der Waals surface area contributed by atoms with Gasteiger partial charge in [-0.25, -0.2) is 4.79 Å². The monoisotopic (exact) mass is 382 g/mol. The first-order valence-corrected chi connectivity index (χ1v) is 10.8. The lowest BCUT2D eigenvalue weighted by Crippen LogP contribution is -2.43. The maximum absolute atomic E-state index is 12.3. The highest BCUT2D eigenvalue weighted by Gasteiger charge is 2.40. The van der Waals surface area contributed by atoms with Crippen molar-refractivity contribution >= 4 is 17.4 Å². The molecule has 1 saturated carbocycles. The second kappa shape index (κ2) is 7.13. The van der Waals surface area contributed by atoms with Gasteiger partial charge in [0.1, 0.15) is 5.60 Å². The van der Waals surface area contributed by atoms with Crippen molar-refractivity contribution in [1.82, 2.24) is 4.90 Å². The maximum atomic E-state index is 12.3. The summed E-state index contributed by atoms with van der Waals surface area (Å²) in [5.74, 6) is 1.61. The maximum Gasteiger partial charge on any atom is 0.410 e. The molecule has 2 heterocycles. The Morgan fingerprint density at radius 2 is 1.96 bits per heavy atom. The third-order valence-electron chi connectivity index (χ3n) is 6.37. The van der Waals surface area contributed by atoms with Gasteiger partial charge in [-0.05, 0) is 87.1 Å². The molecule has 0 radical (unpaired) electrons. The summed E-state index contributed by atoms with van der Waals surface area (Å²) in [6, 6.07) is 7.67. The van der Waals surface area contributed by atoms with Crippen LogP contribution in [0.4, 0.5) is 10.5 Å². The predicted octanol–water partition coefficient (Wildman–Crippen LogP) is 5.12. The standard InChI is InChI=1S/C24H34N2O2/c1-16-14-20-15-19(8-9-21(20)25(5)22(16)18-6-7-18)17-10-12-26(13-11-17)23(27)28-24(2,3)4/h8-10,15-16,18,22H,6-7,11-14H2,1-5H3/t16-,22-/m1/s1. The van der Waals surface area contributed by atoms with Crippen LogP contribution in [0.1, 0.15) is 58.1 Å². The minimum absolute atomic E-state index is 0.213. The van der Waals surface area contributed by atoms with Gasteiger partial charge in [-0.15, -0.1) is 0 Å². The van der Waals surface area contributed by atoms with Crippen LogP contribution in [0.25, 0.3) is 5.57 Å². The third-order valence-corrected chi connectivity index (χ3v) is 6.37. The molecule has 1 amide bonds. The van der Waals surface area contributed by atoms with Crippen LogP contribution in [-0.4, -0.2) is 42.8 Å². The van der Waals surface area contributed by atoms with Crippen molar-refractivity contribution < 1.29 is 9.53 Å². The molecule has 0 unspecified atom stereocenters. The van der Waals surface area contributed by atoms with Crippen LogP contribution in [0.2, 0.25) is 0 Å². The highest BCUT2D eigenvalue weighted by molar-refractivity contribution is 5.74. The summed E-state index contributed by atoms with van der Waals surface area (Å²) in [6.45, 7) is 9.49. The summed E-state index contributed by atoms with van der Waals surface area (Å²) < 4.78 is 5.50. The molecule has 0 saturated heterocycles. The highest BCUT2D eigenvalue weighted by atomic mass is 16.6. The molecule has 28 heavy (non-hydrogen) atoms. The Bertz CT molecular complexity index is 788. The molecule has 0 N–H and O–H groups in total. The molecule has 0 bridgehead atoms. The van der Waals surface area contributed by atoms with Crippen molar-refractivity contribution in [3.05, 3.63) is 35.4 Å². The Hall–Kier alpha value is -1.97. The third kappa shape index (κ3) is 3.92. The Balaban J connectivity index is 1.48. The Labute approximate surface area is 169 Å². The van der Waals surface area contributed by atoms with Crippen molar-refractivity contribution in [1.29, 1.82) is 0 Å². The molecular formula is C24H34N2O2. The first kappa shape index (κ1) is 19.4. The number of rotatable bonds is 2. The Kier molecular flexibility index (Phi) is 4.93. The fraction of sp³-hybridized carbons (Fsp3) is 0.625. The molecule has 4 heteroatoms.